The summed E-state index contributed by atoms with van der Waals surface area (Å²) in [5.41, 5.74) is 0. The predicted molar refractivity (Wildman–Crippen MR) is 55.8 cm³/mol. The van der Waals surface area contributed by atoms with Crippen molar-refractivity contribution >= 4 is 17.7 Å². The number of furan rings is 1. The molecule has 84 valence electrons. The Balaban J connectivity index is 1.95. The van der Waals surface area contributed by atoms with Gasteiger partial charge in [-0.25, -0.2) is 0 Å². The second-order valence-corrected chi connectivity index (χ2v) is 3.87. The van der Waals surface area contributed by atoms with Crippen molar-refractivity contribution in [3.8, 4) is 11.7 Å². The van der Waals surface area contributed by atoms with Crippen LogP contribution in [0.15, 0.2) is 27.3 Å². The van der Waals surface area contributed by atoms with E-state index in [1.54, 1.807) is 12.1 Å². The van der Waals surface area contributed by atoms with Crippen molar-refractivity contribution < 1.29 is 18.8 Å². The molecule has 1 N–H and O–H groups in total. The lowest BCUT2D eigenvalue weighted by atomic mass is 10.4. The first-order chi connectivity index (χ1) is 7.75. The van der Waals surface area contributed by atoms with Crippen LogP contribution in [0.5, 0.6) is 0 Å². The number of carboxylic acid groups (broad SMARTS) is 1. The molecule has 0 unspecified atom stereocenters. The van der Waals surface area contributed by atoms with Gasteiger partial charge in [-0.2, -0.15) is 4.98 Å². The first-order valence-electron chi connectivity index (χ1n) is 4.41. The maximum atomic E-state index is 10.3. The topological polar surface area (TPSA) is 89.4 Å². The predicted octanol–water partition coefficient (Wildman–Crippen LogP) is 1.65. The molecule has 0 aromatic carbocycles. The molecule has 0 aliphatic rings. The highest BCUT2D eigenvalue weighted by molar-refractivity contribution is 7.99. The van der Waals surface area contributed by atoms with Crippen molar-refractivity contribution in [2.75, 3.05) is 5.75 Å². The van der Waals surface area contributed by atoms with E-state index >= 15 is 0 Å². The van der Waals surface area contributed by atoms with Gasteiger partial charge in [-0.3, -0.25) is 4.79 Å². The van der Waals surface area contributed by atoms with E-state index in [-0.39, 0.29) is 5.75 Å². The minimum Gasteiger partial charge on any atom is -0.481 e. The SMILES string of the molecule is O=C(O)CSCc1noc(-c2ccco2)n1. The summed E-state index contributed by atoms with van der Waals surface area (Å²) in [5.74, 6) is 0.816. The van der Waals surface area contributed by atoms with E-state index in [0.717, 1.165) is 0 Å². The van der Waals surface area contributed by atoms with Crippen molar-refractivity contribution in [1.82, 2.24) is 10.1 Å². The maximum absolute atomic E-state index is 10.3. The fourth-order valence-corrected chi connectivity index (χ4v) is 1.62. The van der Waals surface area contributed by atoms with Crippen LogP contribution in [0.4, 0.5) is 0 Å². The van der Waals surface area contributed by atoms with E-state index in [9.17, 15) is 4.79 Å². The number of rotatable bonds is 5. The molecule has 2 heterocycles. The lowest BCUT2D eigenvalue weighted by Gasteiger charge is -1.90. The number of aromatic nitrogens is 2. The van der Waals surface area contributed by atoms with Crippen LogP contribution in [0.2, 0.25) is 0 Å². The van der Waals surface area contributed by atoms with Gasteiger partial charge in [0.25, 0.3) is 5.89 Å². The van der Waals surface area contributed by atoms with E-state index in [4.69, 9.17) is 14.0 Å². The summed E-state index contributed by atoms with van der Waals surface area (Å²) in [6.45, 7) is 0. The Morgan fingerprint density at radius 2 is 2.44 bits per heavy atom. The van der Waals surface area contributed by atoms with Crippen molar-refractivity contribution in [2.45, 2.75) is 5.75 Å². The zero-order chi connectivity index (χ0) is 11.4. The molecule has 0 radical (unpaired) electrons. The molecule has 0 fully saturated rings. The Kier molecular flexibility index (Phi) is 3.25. The largest absolute Gasteiger partial charge is 0.481 e. The van der Waals surface area contributed by atoms with E-state index < -0.39 is 5.97 Å². The zero-order valence-electron chi connectivity index (χ0n) is 8.12. The summed E-state index contributed by atoms with van der Waals surface area (Å²) in [5, 5.41) is 12.2. The Hall–Kier alpha value is -1.76. The number of carbonyl (C=O) groups is 1. The summed E-state index contributed by atoms with van der Waals surface area (Å²) >= 11 is 1.21. The third-order valence-corrected chi connectivity index (χ3v) is 2.57. The van der Waals surface area contributed by atoms with E-state index in [2.05, 4.69) is 10.1 Å². The fourth-order valence-electron chi connectivity index (χ4n) is 1.04. The van der Waals surface area contributed by atoms with Gasteiger partial charge in [0.15, 0.2) is 11.6 Å². The average molecular weight is 240 g/mol. The monoisotopic (exact) mass is 240 g/mol. The summed E-state index contributed by atoms with van der Waals surface area (Å²) in [6.07, 6.45) is 1.51. The second kappa shape index (κ2) is 4.84. The van der Waals surface area contributed by atoms with Gasteiger partial charge in [0.1, 0.15) is 0 Å². The first kappa shape index (κ1) is 10.7. The minimum atomic E-state index is -0.861. The highest BCUT2D eigenvalue weighted by Crippen LogP contribution is 2.18. The third kappa shape index (κ3) is 2.63. The molecule has 16 heavy (non-hydrogen) atoms. The Labute approximate surface area is 94.6 Å². The summed E-state index contributed by atoms with van der Waals surface area (Å²) in [7, 11) is 0. The number of nitrogens with zero attached hydrogens (tertiary/aromatic N) is 2. The zero-order valence-corrected chi connectivity index (χ0v) is 8.94. The highest BCUT2D eigenvalue weighted by atomic mass is 32.2. The number of carboxylic acids is 1. The quantitative estimate of drug-likeness (QED) is 0.849. The molecule has 2 aromatic rings. The molecule has 0 saturated carbocycles. The lowest BCUT2D eigenvalue weighted by Crippen LogP contribution is -1.98. The molecule has 2 rings (SSSR count). The molecule has 0 amide bonds. The van der Waals surface area contributed by atoms with Gasteiger partial charge in [-0.15, -0.1) is 11.8 Å². The number of aliphatic carboxylic acids is 1. The molecule has 0 atom stereocenters. The van der Waals surface area contributed by atoms with E-state index in [1.165, 1.54) is 18.0 Å². The number of hydrogen-bond acceptors (Lipinski definition) is 6. The molecule has 0 bridgehead atoms. The third-order valence-electron chi connectivity index (χ3n) is 1.66. The smallest absolute Gasteiger partial charge is 0.313 e. The summed E-state index contributed by atoms with van der Waals surface area (Å²) in [6, 6.07) is 3.43. The Morgan fingerprint density at radius 3 is 3.12 bits per heavy atom. The number of thioether (sulfide) groups is 1. The molecule has 0 aliphatic heterocycles. The highest BCUT2D eigenvalue weighted by Gasteiger charge is 2.11. The van der Waals surface area contributed by atoms with Crippen molar-refractivity contribution in [3.63, 3.8) is 0 Å². The molecule has 0 saturated heterocycles. The molecule has 7 heteroatoms. The van der Waals surface area contributed by atoms with Gasteiger partial charge >= 0.3 is 5.97 Å². The second-order valence-electron chi connectivity index (χ2n) is 2.88. The molecular weight excluding hydrogens is 232 g/mol. The maximum Gasteiger partial charge on any atom is 0.313 e. The van der Waals surface area contributed by atoms with Gasteiger partial charge < -0.3 is 14.0 Å². The molecular formula is C9H8N2O4S. The van der Waals surface area contributed by atoms with Gasteiger partial charge in [0, 0.05) is 0 Å². The van der Waals surface area contributed by atoms with Crippen molar-refractivity contribution in [2.24, 2.45) is 0 Å². The van der Waals surface area contributed by atoms with Crippen LogP contribution < -0.4 is 0 Å². The standard InChI is InChI=1S/C9H8N2O4S/c12-8(13)5-16-4-7-10-9(15-11-7)6-2-1-3-14-6/h1-3H,4-5H2,(H,12,13). The molecule has 0 aliphatic carbocycles. The minimum absolute atomic E-state index is 0.0185. The van der Waals surface area contributed by atoms with Gasteiger partial charge in [-0.05, 0) is 12.1 Å². The Morgan fingerprint density at radius 1 is 1.56 bits per heavy atom. The van der Waals surface area contributed by atoms with Crippen LogP contribution >= 0.6 is 11.8 Å². The average Bonchev–Trinajstić information content (AvgIpc) is 2.85. The normalized spacial score (nSPS) is 10.5. The van der Waals surface area contributed by atoms with Gasteiger partial charge in [-0.1, -0.05) is 5.16 Å². The van der Waals surface area contributed by atoms with E-state index in [1.807, 2.05) is 0 Å². The molecule has 2 aromatic heterocycles. The Bertz CT molecular complexity index is 466. The van der Waals surface area contributed by atoms with Crippen LogP contribution in [0.3, 0.4) is 0 Å². The van der Waals surface area contributed by atoms with Crippen LogP contribution in [-0.4, -0.2) is 27.0 Å². The van der Waals surface area contributed by atoms with Crippen LogP contribution in [-0.2, 0) is 10.5 Å². The molecule has 0 spiro atoms. The van der Waals surface area contributed by atoms with Crippen molar-refractivity contribution in [3.05, 3.63) is 24.2 Å². The fraction of sp³-hybridized carbons (Fsp3) is 0.222. The first-order valence-corrected chi connectivity index (χ1v) is 5.57. The number of hydrogen-bond donors (Lipinski definition) is 1. The lowest BCUT2D eigenvalue weighted by molar-refractivity contribution is -0.133. The van der Waals surface area contributed by atoms with Gasteiger partial charge in [0.2, 0.25) is 0 Å². The van der Waals surface area contributed by atoms with Crippen molar-refractivity contribution in [1.29, 1.82) is 0 Å². The van der Waals surface area contributed by atoms with Gasteiger partial charge in [0.05, 0.1) is 17.8 Å². The summed E-state index contributed by atoms with van der Waals surface area (Å²) < 4.78 is 10.0. The van der Waals surface area contributed by atoms with E-state index in [0.29, 0.717) is 23.2 Å². The van der Waals surface area contributed by atoms with Crippen LogP contribution in [0.1, 0.15) is 5.82 Å². The van der Waals surface area contributed by atoms with Crippen LogP contribution in [0.25, 0.3) is 11.7 Å². The molecule has 6 nitrogen and oxygen atoms in total. The van der Waals surface area contributed by atoms with Crippen LogP contribution in [0, 0.1) is 0 Å². The summed E-state index contributed by atoms with van der Waals surface area (Å²) in [4.78, 5) is 14.3.